The minimum Gasteiger partial charge on any atom is -0.320 e. The Morgan fingerprint density at radius 3 is 2.75 bits per heavy atom. The van der Waals surface area contributed by atoms with E-state index in [4.69, 9.17) is 4.98 Å². The van der Waals surface area contributed by atoms with E-state index in [1.54, 1.807) is 0 Å². The summed E-state index contributed by atoms with van der Waals surface area (Å²) in [5.41, 5.74) is 4.38. The van der Waals surface area contributed by atoms with Crippen molar-refractivity contribution in [1.82, 2.24) is 9.55 Å². The number of benzene rings is 2. The van der Waals surface area contributed by atoms with Crippen LogP contribution in [0.1, 0.15) is 6.92 Å². The van der Waals surface area contributed by atoms with E-state index in [2.05, 4.69) is 45.3 Å². The summed E-state index contributed by atoms with van der Waals surface area (Å²) in [6.45, 7) is 6.85. The Labute approximate surface area is 126 Å². The van der Waals surface area contributed by atoms with E-state index >= 15 is 0 Å². The maximum absolute atomic E-state index is 4.78. The van der Waals surface area contributed by atoms with Crippen LogP contribution in [0.2, 0.25) is 0 Å². The molecule has 0 aliphatic rings. The fourth-order valence-corrected chi connectivity index (χ4v) is 2.75. The SMILES string of the molecule is C=C(C)Cn1c(-c2cccc(Br)c2)nc2ccccc21. The highest BCUT2D eigenvalue weighted by atomic mass is 79.9. The standard InChI is InChI=1S/C17H15BrN2/c1-12(2)11-20-16-9-4-3-8-15(16)19-17(20)13-6-5-7-14(18)10-13/h3-10H,1,11H2,2H3. The fourth-order valence-electron chi connectivity index (χ4n) is 2.35. The molecule has 3 aromatic rings. The van der Waals surface area contributed by atoms with Crippen molar-refractivity contribution in [3.8, 4) is 11.4 Å². The van der Waals surface area contributed by atoms with Gasteiger partial charge in [-0.05, 0) is 31.2 Å². The van der Waals surface area contributed by atoms with Gasteiger partial charge in [-0.15, -0.1) is 0 Å². The first-order valence-electron chi connectivity index (χ1n) is 6.51. The molecule has 0 spiro atoms. The van der Waals surface area contributed by atoms with Crippen molar-refractivity contribution < 1.29 is 0 Å². The fraction of sp³-hybridized carbons (Fsp3) is 0.118. The van der Waals surface area contributed by atoms with Crippen LogP contribution in [-0.2, 0) is 6.54 Å². The summed E-state index contributed by atoms with van der Waals surface area (Å²) in [6, 6.07) is 16.4. The molecule has 0 fully saturated rings. The van der Waals surface area contributed by atoms with Gasteiger partial charge in [-0.1, -0.05) is 52.3 Å². The molecule has 0 aliphatic carbocycles. The van der Waals surface area contributed by atoms with Crippen molar-refractivity contribution in [3.63, 3.8) is 0 Å². The largest absolute Gasteiger partial charge is 0.320 e. The maximum Gasteiger partial charge on any atom is 0.141 e. The van der Waals surface area contributed by atoms with Gasteiger partial charge in [0.15, 0.2) is 0 Å². The Kier molecular flexibility index (Phi) is 3.45. The highest BCUT2D eigenvalue weighted by Crippen LogP contribution is 2.27. The molecule has 3 heteroatoms. The molecule has 1 heterocycles. The van der Waals surface area contributed by atoms with Crippen molar-refractivity contribution in [1.29, 1.82) is 0 Å². The van der Waals surface area contributed by atoms with Gasteiger partial charge in [0.25, 0.3) is 0 Å². The number of para-hydroxylation sites is 2. The summed E-state index contributed by atoms with van der Waals surface area (Å²) < 4.78 is 3.28. The van der Waals surface area contributed by atoms with Gasteiger partial charge in [-0.2, -0.15) is 0 Å². The predicted octanol–water partition coefficient (Wildman–Crippen LogP) is 5.04. The van der Waals surface area contributed by atoms with Gasteiger partial charge >= 0.3 is 0 Å². The van der Waals surface area contributed by atoms with Crippen LogP contribution in [0.25, 0.3) is 22.4 Å². The number of allylic oxidation sites excluding steroid dienone is 1. The summed E-state index contributed by atoms with van der Waals surface area (Å²) in [7, 11) is 0. The molecule has 0 amide bonds. The summed E-state index contributed by atoms with van der Waals surface area (Å²) in [5, 5.41) is 0. The lowest BCUT2D eigenvalue weighted by molar-refractivity contribution is 0.820. The van der Waals surface area contributed by atoms with Crippen LogP contribution in [-0.4, -0.2) is 9.55 Å². The van der Waals surface area contributed by atoms with Crippen molar-refractivity contribution in [3.05, 3.63) is 65.2 Å². The molecule has 100 valence electrons. The number of hydrogen-bond donors (Lipinski definition) is 0. The zero-order valence-corrected chi connectivity index (χ0v) is 12.9. The topological polar surface area (TPSA) is 17.8 Å². The number of nitrogens with zero attached hydrogens (tertiary/aromatic N) is 2. The van der Waals surface area contributed by atoms with E-state index < -0.39 is 0 Å². The van der Waals surface area contributed by atoms with Crippen LogP contribution in [0, 0.1) is 0 Å². The Morgan fingerprint density at radius 1 is 1.20 bits per heavy atom. The number of hydrogen-bond acceptors (Lipinski definition) is 1. The van der Waals surface area contributed by atoms with Gasteiger partial charge in [0.1, 0.15) is 5.82 Å². The summed E-state index contributed by atoms with van der Waals surface area (Å²) >= 11 is 3.52. The van der Waals surface area contributed by atoms with Gasteiger partial charge in [-0.25, -0.2) is 4.98 Å². The molecule has 3 rings (SSSR count). The first-order valence-corrected chi connectivity index (χ1v) is 7.30. The molecule has 0 unspecified atom stereocenters. The molecule has 0 aliphatic heterocycles. The monoisotopic (exact) mass is 326 g/mol. The quantitative estimate of drug-likeness (QED) is 0.616. The van der Waals surface area contributed by atoms with Gasteiger partial charge in [-0.3, -0.25) is 0 Å². The zero-order chi connectivity index (χ0) is 14.1. The lowest BCUT2D eigenvalue weighted by Crippen LogP contribution is -2.01. The molecule has 0 atom stereocenters. The summed E-state index contributed by atoms with van der Waals surface area (Å²) in [4.78, 5) is 4.78. The minimum absolute atomic E-state index is 0.780. The molecule has 0 N–H and O–H groups in total. The summed E-state index contributed by atoms with van der Waals surface area (Å²) in [5.74, 6) is 0.982. The highest BCUT2D eigenvalue weighted by Gasteiger charge is 2.12. The molecule has 20 heavy (non-hydrogen) atoms. The second kappa shape index (κ2) is 5.25. The molecule has 1 aromatic heterocycles. The first-order chi connectivity index (χ1) is 9.65. The highest BCUT2D eigenvalue weighted by molar-refractivity contribution is 9.10. The Hall–Kier alpha value is -1.87. The molecular weight excluding hydrogens is 312 g/mol. The average molecular weight is 327 g/mol. The van der Waals surface area contributed by atoms with Crippen LogP contribution >= 0.6 is 15.9 Å². The van der Waals surface area contributed by atoms with E-state index in [9.17, 15) is 0 Å². The van der Waals surface area contributed by atoms with E-state index in [0.29, 0.717) is 0 Å². The maximum atomic E-state index is 4.78. The van der Waals surface area contributed by atoms with Gasteiger partial charge in [0.05, 0.1) is 11.0 Å². The van der Waals surface area contributed by atoms with Gasteiger partial charge in [0.2, 0.25) is 0 Å². The van der Waals surface area contributed by atoms with Crippen LogP contribution in [0.15, 0.2) is 65.2 Å². The minimum atomic E-state index is 0.780. The lowest BCUT2D eigenvalue weighted by atomic mass is 10.2. The molecular formula is C17H15BrN2. The molecule has 2 nitrogen and oxygen atoms in total. The number of rotatable bonds is 3. The van der Waals surface area contributed by atoms with Crippen LogP contribution < -0.4 is 0 Å². The van der Waals surface area contributed by atoms with E-state index in [-0.39, 0.29) is 0 Å². The second-order valence-corrected chi connectivity index (χ2v) is 5.89. The predicted molar refractivity (Wildman–Crippen MR) is 87.7 cm³/mol. The van der Waals surface area contributed by atoms with Crippen molar-refractivity contribution in [2.75, 3.05) is 0 Å². The second-order valence-electron chi connectivity index (χ2n) is 4.98. The number of fused-ring (bicyclic) bond motifs is 1. The third kappa shape index (κ3) is 2.41. The van der Waals surface area contributed by atoms with Gasteiger partial charge < -0.3 is 4.57 Å². The number of halogens is 1. The van der Waals surface area contributed by atoms with Crippen LogP contribution in [0.3, 0.4) is 0 Å². The van der Waals surface area contributed by atoms with Crippen molar-refractivity contribution in [2.24, 2.45) is 0 Å². The molecule has 0 bridgehead atoms. The molecule has 2 aromatic carbocycles. The number of imidazole rings is 1. The van der Waals surface area contributed by atoms with E-state index in [0.717, 1.165) is 39.0 Å². The Balaban J connectivity index is 2.26. The third-order valence-corrected chi connectivity index (χ3v) is 3.66. The van der Waals surface area contributed by atoms with Crippen molar-refractivity contribution in [2.45, 2.75) is 13.5 Å². The lowest BCUT2D eigenvalue weighted by Gasteiger charge is -2.09. The zero-order valence-electron chi connectivity index (χ0n) is 11.3. The molecule has 0 saturated heterocycles. The Morgan fingerprint density at radius 2 is 2.00 bits per heavy atom. The summed E-state index contributed by atoms with van der Waals surface area (Å²) in [6.07, 6.45) is 0. The third-order valence-electron chi connectivity index (χ3n) is 3.17. The molecule has 0 radical (unpaired) electrons. The van der Waals surface area contributed by atoms with Crippen molar-refractivity contribution >= 4 is 27.0 Å². The molecule has 0 saturated carbocycles. The van der Waals surface area contributed by atoms with E-state index in [1.807, 2.05) is 37.3 Å². The normalized spacial score (nSPS) is 10.9. The average Bonchev–Trinajstić information content (AvgIpc) is 2.77. The van der Waals surface area contributed by atoms with Gasteiger partial charge in [0, 0.05) is 16.6 Å². The Bertz CT molecular complexity index is 787. The van der Waals surface area contributed by atoms with Crippen LogP contribution in [0.5, 0.6) is 0 Å². The van der Waals surface area contributed by atoms with Crippen LogP contribution in [0.4, 0.5) is 0 Å². The number of aromatic nitrogens is 2. The smallest absolute Gasteiger partial charge is 0.141 e. The van der Waals surface area contributed by atoms with E-state index in [1.165, 1.54) is 0 Å². The first kappa shape index (κ1) is 13.1.